The molecule has 0 bridgehead atoms. The lowest BCUT2D eigenvalue weighted by atomic mass is 10.2. The van der Waals surface area contributed by atoms with Crippen LogP contribution < -0.4 is 10.6 Å². The number of nitrogens with one attached hydrogen (secondary N) is 2. The van der Waals surface area contributed by atoms with Crippen LogP contribution in [-0.4, -0.2) is 52.5 Å². The zero-order valence-electron chi connectivity index (χ0n) is 14.2. The first-order valence-electron chi connectivity index (χ1n) is 8.45. The number of aliphatic imine (C=N–C) groups is 1. The molecule has 0 saturated carbocycles. The molecule has 0 amide bonds. The van der Waals surface area contributed by atoms with E-state index in [2.05, 4.69) is 29.5 Å². The highest BCUT2D eigenvalue weighted by atomic mass is 16.5. The van der Waals surface area contributed by atoms with Crippen molar-refractivity contribution >= 4 is 5.96 Å². The molecule has 0 fully saturated rings. The van der Waals surface area contributed by atoms with Gasteiger partial charge in [0.2, 0.25) is 0 Å². The first-order valence-corrected chi connectivity index (χ1v) is 8.45. The van der Waals surface area contributed by atoms with Gasteiger partial charge in [-0.1, -0.05) is 39.5 Å². The van der Waals surface area contributed by atoms with E-state index in [1.165, 1.54) is 32.1 Å². The monoisotopic (exact) mass is 301 g/mol. The zero-order chi connectivity index (χ0) is 15.6. The van der Waals surface area contributed by atoms with E-state index in [1.54, 1.807) is 7.05 Å². The summed E-state index contributed by atoms with van der Waals surface area (Å²) in [7, 11) is 1.80. The molecular formula is C16H35N3O2. The molecule has 0 aliphatic rings. The summed E-state index contributed by atoms with van der Waals surface area (Å²) >= 11 is 0. The molecule has 0 saturated heterocycles. The van der Waals surface area contributed by atoms with Crippen molar-refractivity contribution in [2.75, 3.05) is 46.6 Å². The van der Waals surface area contributed by atoms with Crippen LogP contribution in [0.2, 0.25) is 0 Å². The molecule has 0 heterocycles. The van der Waals surface area contributed by atoms with Crippen LogP contribution in [0.3, 0.4) is 0 Å². The Bertz CT molecular complexity index is 236. The summed E-state index contributed by atoms with van der Waals surface area (Å²) in [4.78, 5) is 4.19. The van der Waals surface area contributed by atoms with Crippen LogP contribution in [-0.2, 0) is 9.47 Å². The summed E-state index contributed by atoms with van der Waals surface area (Å²) in [6, 6.07) is 0. The summed E-state index contributed by atoms with van der Waals surface area (Å²) in [5, 5.41) is 6.56. The topological polar surface area (TPSA) is 54.9 Å². The van der Waals surface area contributed by atoms with E-state index < -0.39 is 0 Å². The van der Waals surface area contributed by atoms with Gasteiger partial charge < -0.3 is 20.1 Å². The average Bonchev–Trinajstić information content (AvgIpc) is 2.51. The third kappa shape index (κ3) is 15.4. The smallest absolute Gasteiger partial charge is 0.191 e. The molecular weight excluding hydrogens is 266 g/mol. The Hall–Kier alpha value is -0.810. The molecule has 126 valence electrons. The van der Waals surface area contributed by atoms with Crippen molar-refractivity contribution in [3.8, 4) is 0 Å². The van der Waals surface area contributed by atoms with Crippen LogP contribution in [0.4, 0.5) is 0 Å². The Kier molecular flexibility index (Phi) is 16.6. The van der Waals surface area contributed by atoms with Crippen molar-refractivity contribution in [3.63, 3.8) is 0 Å². The predicted octanol–water partition coefficient (Wildman–Crippen LogP) is 2.57. The minimum Gasteiger partial charge on any atom is -0.379 e. The molecule has 0 aromatic rings. The van der Waals surface area contributed by atoms with Crippen LogP contribution >= 0.6 is 0 Å². The van der Waals surface area contributed by atoms with Crippen molar-refractivity contribution in [2.45, 2.75) is 52.4 Å². The van der Waals surface area contributed by atoms with Crippen LogP contribution in [0, 0.1) is 0 Å². The van der Waals surface area contributed by atoms with Gasteiger partial charge in [-0.25, -0.2) is 0 Å². The second-order valence-electron chi connectivity index (χ2n) is 5.06. The molecule has 0 aromatic carbocycles. The van der Waals surface area contributed by atoms with Gasteiger partial charge in [0.1, 0.15) is 0 Å². The predicted molar refractivity (Wildman–Crippen MR) is 90.1 cm³/mol. The van der Waals surface area contributed by atoms with E-state index in [-0.39, 0.29) is 0 Å². The largest absolute Gasteiger partial charge is 0.379 e. The van der Waals surface area contributed by atoms with Crippen LogP contribution in [0.15, 0.2) is 4.99 Å². The lowest BCUT2D eigenvalue weighted by Crippen LogP contribution is -2.39. The first kappa shape index (κ1) is 20.2. The Morgan fingerprint density at radius 1 is 0.762 bits per heavy atom. The fraction of sp³-hybridized carbons (Fsp3) is 0.938. The highest BCUT2D eigenvalue weighted by Gasteiger charge is 1.96. The number of unbranched alkanes of at least 4 members (excludes halogenated alkanes) is 4. The number of rotatable bonds is 14. The quantitative estimate of drug-likeness (QED) is 0.294. The molecule has 0 aromatic heterocycles. The molecule has 0 aliphatic heterocycles. The maximum Gasteiger partial charge on any atom is 0.191 e. The summed E-state index contributed by atoms with van der Waals surface area (Å²) in [5.74, 6) is 0.856. The van der Waals surface area contributed by atoms with Crippen molar-refractivity contribution in [3.05, 3.63) is 0 Å². The molecule has 0 spiro atoms. The maximum absolute atomic E-state index is 5.50. The lowest BCUT2D eigenvalue weighted by Gasteiger charge is -2.12. The van der Waals surface area contributed by atoms with Crippen molar-refractivity contribution < 1.29 is 9.47 Å². The van der Waals surface area contributed by atoms with Gasteiger partial charge >= 0.3 is 0 Å². The first-order chi connectivity index (χ1) is 10.3. The number of hydrogen-bond donors (Lipinski definition) is 2. The second-order valence-corrected chi connectivity index (χ2v) is 5.06. The van der Waals surface area contributed by atoms with Crippen molar-refractivity contribution in [2.24, 2.45) is 4.99 Å². The van der Waals surface area contributed by atoms with Crippen LogP contribution in [0.5, 0.6) is 0 Å². The molecule has 5 heteroatoms. The van der Waals surface area contributed by atoms with E-state index in [1.807, 2.05) is 0 Å². The summed E-state index contributed by atoms with van der Waals surface area (Å²) in [6.45, 7) is 8.99. The number of hydrogen-bond acceptors (Lipinski definition) is 3. The summed E-state index contributed by atoms with van der Waals surface area (Å²) in [5.41, 5.74) is 0. The minimum absolute atomic E-state index is 0.661. The third-order valence-corrected chi connectivity index (χ3v) is 3.10. The standard InChI is InChI=1S/C16H35N3O2/c1-4-6-8-9-10-18-16(17-3)19-11-13-21-15-14-20-12-7-5-2/h4-15H2,1-3H3,(H2,17,18,19). The van der Waals surface area contributed by atoms with Gasteiger partial charge in [-0.05, 0) is 12.8 Å². The van der Waals surface area contributed by atoms with Gasteiger partial charge in [0.25, 0.3) is 0 Å². The highest BCUT2D eigenvalue weighted by Crippen LogP contribution is 1.96. The average molecular weight is 301 g/mol. The minimum atomic E-state index is 0.661. The normalized spacial score (nSPS) is 11.7. The van der Waals surface area contributed by atoms with Crippen LogP contribution in [0.1, 0.15) is 52.4 Å². The third-order valence-electron chi connectivity index (χ3n) is 3.10. The van der Waals surface area contributed by atoms with Gasteiger partial charge in [-0.3, -0.25) is 4.99 Å². The van der Waals surface area contributed by atoms with E-state index in [0.717, 1.165) is 32.1 Å². The zero-order valence-corrected chi connectivity index (χ0v) is 14.2. The van der Waals surface area contributed by atoms with Gasteiger partial charge in [0, 0.05) is 26.7 Å². The van der Waals surface area contributed by atoms with E-state index in [0.29, 0.717) is 19.8 Å². The molecule has 0 unspecified atom stereocenters. The van der Waals surface area contributed by atoms with Crippen LogP contribution in [0.25, 0.3) is 0 Å². The van der Waals surface area contributed by atoms with E-state index in [4.69, 9.17) is 9.47 Å². The second kappa shape index (κ2) is 17.2. The molecule has 2 N–H and O–H groups in total. The van der Waals surface area contributed by atoms with Crippen molar-refractivity contribution in [1.82, 2.24) is 10.6 Å². The molecule has 5 nitrogen and oxygen atoms in total. The highest BCUT2D eigenvalue weighted by molar-refractivity contribution is 5.79. The molecule has 0 aliphatic carbocycles. The molecule has 0 atom stereocenters. The SMILES string of the molecule is CCCCCCNC(=NC)NCCOCCOCCCC. The fourth-order valence-corrected chi connectivity index (χ4v) is 1.79. The van der Waals surface area contributed by atoms with Gasteiger partial charge in [0.15, 0.2) is 5.96 Å². The number of nitrogens with zero attached hydrogens (tertiary/aromatic N) is 1. The van der Waals surface area contributed by atoms with Gasteiger partial charge in [-0.2, -0.15) is 0 Å². The number of guanidine groups is 1. The lowest BCUT2D eigenvalue weighted by molar-refractivity contribution is 0.0487. The van der Waals surface area contributed by atoms with Gasteiger partial charge in [0.05, 0.1) is 19.8 Å². The Balaban J connectivity index is 3.31. The van der Waals surface area contributed by atoms with Crippen molar-refractivity contribution in [1.29, 1.82) is 0 Å². The Morgan fingerprint density at radius 2 is 1.43 bits per heavy atom. The number of ether oxygens (including phenoxy) is 2. The summed E-state index contributed by atoms with van der Waals surface area (Å²) in [6.07, 6.45) is 7.35. The molecule has 0 rings (SSSR count). The Morgan fingerprint density at radius 3 is 2.10 bits per heavy atom. The molecule has 0 radical (unpaired) electrons. The fourth-order valence-electron chi connectivity index (χ4n) is 1.79. The maximum atomic E-state index is 5.50. The van der Waals surface area contributed by atoms with E-state index >= 15 is 0 Å². The summed E-state index contributed by atoms with van der Waals surface area (Å²) < 4.78 is 10.9. The Labute approximate surface area is 130 Å². The van der Waals surface area contributed by atoms with Gasteiger partial charge in [-0.15, -0.1) is 0 Å². The van der Waals surface area contributed by atoms with E-state index in [9.17, 15) is 0 Å². The molecule has 21 heavy (non-hydrogen) atoms.